The third-order valence-corrected chi connectivity index (χ3v) is 6.61. The normalized spacial score (nSPS) is 38.1. The monoisotopic (exact) mass is 325 g/mol. The molecule has 128 valence electrons. The maximum atomic E-state index is 12.7. The quantitative estimate of drug-likeness (QED) is 0.865. The third kappa shape index (κ3) is 2.76. The zero-order chi connectivity index (χ0) is 16.1. The van der Waals surface area contributed by atoms with Crippen LogP contribution in [0.1, 0.15) is 24.8 Å². The van der Waals surface area contributed by atoms with E-state index in [-0.39, 0.29) is 11.9 Å². The number of nitrogens with one attached hydrogen (secondary N) is 2. The van der Waals surface area contributed by atoms with E-state index in [9.17, 15) is 4.79 Å². The predicted octanol–water partition coefficient (Wildman–Crippen LogP) is 1.62. The number of rotatable bonds is 5. The van der Waals surface area contributed by atoms with Crippen LogP contribution in [0.15, 0.2) is 30.3 Å². The van der Waals surface area contributed by atoms with Crippen molar-refractivity contribution in [3.8, 4) is 0 Å². The summed E-state index contributed by atoms with van der Waals surface area (Å²) in [7, 11) is 0. The first-order valence-electron chi connectivity index (χ1n) is 9.59. The maximum absolute atomic E-state index is 12.7. The summed E-state index contributed by atoms with van der Waals surface area (Å²) in [6.07, 6.45) is 3.85. The molecule has 2 aliphatic carbocycles. The number of likely N-dealkylation sites (tertiary alicyclic amines) is 1. The zero-order valence-corrected chi connectivity index (χ0v) is 14.2. The molecule has 24 heavy (non-hydrogen) atoms. The minimum atomic E-state index is 0.0826. The SMILES string of the molecule is O=C(NC1[C@H]2CN(Cc3ccccc3)C[C@@H]12)C1NCCC1C1CC1. The standard InChI is InChI=1S/C20H27N3O/c24-20(19-15(8-9-21-19)14-6-7-14)22-18-16-11-23(12-17(16)18)10-13-4-2-1-3-5-13/h1-5,14-19,21H,6-12H2,(H,22,24)/t15?,16-,17+,18?,19?. The Morgan fingerprint density at radius 3 is 2.54 bits per heavy atom. The van der Waals surface area contributed by atoms with E-state index in [4.69, 9.17) is 0 Å². The molecule has 1 aromatic carbocycles. The lowest BCUT2D eigenvalue weighted by atomic mass is 9.94. The van der Waals surface area contributed by atoms with Crippen LogP contribution in [-0.4, -0.2) is 42.5 Å². The number of benzene rings is 1. The van der Waals surface area contributed by atoms with Gasteiger partial charge in [0.15, 0.2) is 0 Å². The van der Waals surface area contributed by atoms with Crippen LogP contribution in [0, 0.1) is 23.7 Å². The van der Waals surface area contributed by atoms with Gasteiger partial charge in [0.2, 0.25) is 5.91 Å². The summed E-state index contributed by atoms with van der Waals surface area (Å²) in [4.78, 5) is 15.2. The van der Waals surface area contributed by atoms with Crippen molar-refractivity contribution < 1.29 is 4.79 Å². The number of carbonyl (C=O) groups excluding carboxylic acids is 1. The van der Waals surface area contributed by atoms with Crippen molar-refractivity contribution in [2.75, 3.05) is 19.6 Å². The van der Waals surface area contributed by atoms with E-state index in [0.29, 0.717) is 23.8 Å². The number of fused-ring (bicyclic) bond motifs is 1. The lowest BCUT2D eigenvalue weighted by Crippen LogP contribution is -2.46. The third-order valence-electron chi connectivity index (χ3n) is 6.61. The van der Waals surface area contributed by atoms with Crippen LogP contribution >= 0.6 is 0 Å². The molecule has 4 fully saturated rings. The number of carbonyl (C=O) groups is 1. The van der Waals surface area contributed by atoms with Gasteiger partial charge in [0.1, 0.15) is 0 Å². The van der Waals surface area contributed by atoms with Crippen LogP contribution in [0.2, 0.25) is 0 Å². The predicted molar refractivity (Wildman–Crippen MR) is 93.3 cm³/mol. The number of piperidine rings is 1. The number of hydrogen-bond acceptors (Lipinski definition) is 3. The van der Waals surface area contributed by atoms with E-state index < -0.39 is 0 Å². The molecule has 2 heterocycles. The molecule has 1 aromatic rings. The molecule has 2 saturated carbocycles. The molecule has 2 aliphatic heterocycles. The van der Waals surface area contributed by atoms with E-state index >= 15 is 0 Å². The second-order valence-electron chi connectivity index (χ2n) is 8.26. The maximum Gasteiger partial charge on any atom is 0.237 e. The molecule has 2 N–H and O–H groups in total. The van der Waals surface area contributed by atoms with Crippen molar-refractivity contribution in [1.82, 2.24) is 15.5 Å². The Hall–Kier alpha value is -1.39. The van der Waals surface area contributed by atoms with Gasteiger partial charge in [-0.05, 0) is 55.0 Å². The Bertz CT molecular complexity index is 603. The van der Waals surface area contributed by atoms with Gasteiger partial charge in [-0.1, -0.05) is 30.3 Å². The van der Waals surface area contributed by atoms with Gasteiger partial charge >= 0.3 is 0 Å². The Labute approximate surface area is 144 Å². The highest BCUT2D eigenvalue weighted by Gasteiger charge is 2.57. The number of hydrogen-bond donors (Lipinski definition) is 2. The highest BCUT2D eigenvalue weighted by Crippen LogP contribution is 2.46. The summed E-state index contributed by atoms with van der Waals surface area (Å²) >= 11 is 0. The first-order chi connectivity index (χ1) is 11.8. The van der Waals surface area contributed by atoms with Crippen LogP contribution in [0.4, 0.5) is 0 Å². The van der Waals surface area contributed by atoms with E-state index in [1.54, 1.807) is 0 Å². The van der Waals surface area contributed by atoms with Gasteiger partial charge in [0.05, 0.1) is 6.04 Å². The van der Waals surface area contributed by atoms with E-state index in [1.165, 1.54) is 24.8 Å². The largest absolute Gasteiger partial charge is 0.351 e. The molecule has 5 atom stereocenters. The van der Waals surface area contributed by atoms with Crippen molar-refractivity contribution in [2.45, 2.75) is 37.9 Å². The Morgan fingerprint density at radius 1 is 1.08 bits per heavy atom. The fourth-order valence-electron chi connectivity index (χ4n) is 5.10. The first kappa shape index (κ1) is 14.9. The zero-order valence-electron chi connectivity index (χ0n) is 14.2. The topological polar surface area (TPSA) is 44.4 Å². The molecule has 4 heteroatoms. The van der Waals surface area contributed by atoms with Gasteiger partial charge in [0, 0.05) is 25.7 Å². The number of nitrogens with zero attached hydrogens (tertiary/aromatic N) is 1. The summed E-state index contributed by atoms with van der Waals surface area (Å²) < 4.78 is 0. The lowest BCUT2D eigenvalue weighted by Gasteiger charge is -2.22. The number of amides is 1. The van der Waals surface area contributed by atoms with Crippen LogP contribution in [0.25, 0.3) is 0 Å². The molecule has 2 saturated heterocycles. The van der Waals surface area contributed by atoms with Crippen molar-refractivity contribution in [3.05, 3.63) is 35.9 Å². The van der Waals surface area contributed by atoms with E-state index in [0.717, 1.165) is 32.1 Å². The molecular formula is C20H27N3O. The van der Waals surface area contributed by atoms with Crippen LogP contribution in [0.5, 0.6) is 0 Å². The van der Waals surface area contributed by atoms with Gasteiger partial charge in [-0.25, -0.2) is 0 Å². The minimum Gasteiger partial charge on any atom is -0.351 e. The highest BCUT2D eigenvalue weighted by molar-refractivity contribution is 5.83. The van der Waals surface area contributed by atoms with Crippen LogP contribution in [0.3, 0.4) is 0 Å². The van der Waals surface area contributed by atoms with Crippen molar-refractivity contribution in [1.29, 1.82) is 0 Å². The molecule has 5 rings (SSSR count). The second-order valence-corrected chi connectivity index (χ2v) is 8.26. The van der Waals surface area contributed by atoms with Crippen molar-refractivity contribution >= 4 is 5.91 Å². The summed E-state index contributed by atoms with van der Waals surface area (Å²) in [5.41, 5.74) is 1.39. The van der Waals surface area contributed by atoms with Gasteiger partial charge < -0.3 is 10.6 Å². The minimum absolute atomic E-state index is 0.0826. The first-order valence-corrected chi connectivity index (χ1v) is 9.59. The van der Waals surface area contributed by atoms with Crippen LogP contribution in [-0.2, 0) is 11.3 Å². The Balaban J connectivity index is 1.12. The van der Waals surface area contributed by atoms with Crippen LogP contribution < -0.4 is 10.6 Å². The van der Waals surface area contributed by atoms with E-state index in [1.807, 2.05) is 0 Å². The van der Waals surface area contributed by atoms with Crippen molar-refractivity contribution in [3.63, 3.8) is 0 Å². The smallest absolute Gasteiger partial charge is 0.237 e. The molecule has 0 radical (unpaired) electrons. The molecule has 4 aliphatic rings. The van der Waals surface area contributed by atoms with Gasteiger partial charge in [-0.3, -0.25) is 9.69 Å². The molecule has 3 unspecified atom stereocenters. The summed E-state index contributed by atoms with van der Waals surface area (Å²) in [6.45, 7) is 4.33. The van der Waals surface area contributed by atoms with E-state index in [2.05, 4.69) is 45.9 Å². The molecule has 4 nitrogen and oxygen atoms in total. The highest BCUT2D eigenvalue weighted by atomic mass is 16.2. The summed E-state index contributed by atoms with van der Waals surface area (Å²) in [6, 6.07) is 11.2. The van der Waals surface area contributed by atoms with Gasteiger partial charge in [0.25, 0.3) is 0 Å². The molecular weight excluding hydrogens is 298 g/mol. The molecule has 0 aromatic heterocycles. The van der Waals surface area contributed by atoms with Gasteiger partial charge in [-0.2, -0.15) is 0 Å². The second kappa shape index (κ2) is 5.85. The summed E-state index contributed by atoms with van der Waals surface area (Å²) in [5, 5.41) is 6.81. The molecule has 0 spiro atoms. The summed E-state index contributed by atoms with van der Waals surface area (Å²) in [5.74, 6) is 3.05. The fourth-order valence-corrected chi connectivity index (χ4v) is 5.10. The molecule has 1 amide bonds. The fraction of sp³-hybridized carbons (Fsp3) is 0.650. The van der Waals surface area contributed by atoms with Gasteiger partial charge in [-0.15, -0.1) is 0 Å². The average Bonchev–Trinajstić information content (AvgIpc) is 3.43. The Kier molecular flexibility index (Phi) is 3.64. The average molecular weight is 325 g/mol. The Morgan fingerprint density at radius 2 is 1.83 bits per heavy atom. The lowest BCUT2D eigenvalue weighted by molar-refractivity contribution is -0.124. The van der Waals surface area contributed by atoms with Crippen molar-refractivity contribution in [2.24, 2.45) is 23.7 Å². The molecule has 0 bridgehead atoms.